The number of halogens is 1. The van der Waals surface area contributed by atoms with Crippen molar-refractivity contribution < 1.29 is 4.79 Å². The van der Waals surface area contributed by atoms with E-state index in [-0.39, 0.29) is 5.91 Å². The number of benzene rings is 2. The second-order valence-corrected chi connectivity index (χ2v) is 7.52. The first-order valence-electron chi connectivity index (χ1n) is 7.52. The van der Waals surface area contributed by atoms with Gasteiger partial charge in [-0.25, -0.2) is 4.68 Å². The summed E-state index contributed by atoms with van der Waals surface area (Å²) >= 11 is 4.85. The monoisotopic (exact) mass is 417 g/mol. The number of nitrogens with zero attached hydrogens (tertiary/aromatic N) is 4. The van der Waals surface area contributed by atoms with Gasteiger partial charge in [0.25, 0.3) is 5.91 Å². The van der Waals surface area contributed by atoms with Gasteiger partial charge < -0.3 is 5.32 Å². The molecule has 0 aliphatic carbocycles. The summed E-state index contributed by atoms with van der Waals surface area (Å²) < 4.78 is 2.47. The fourth-order valence-electron chi connectivity index (χ4n) is 2.27. The van der Waals surface area contributed by atoms with Gasteiger partial charge in [0, 0.05) is 22.0 Å². The molecule has 0 saturated heterocycles. The van der Waals surface area contributed by atoms with Crippen LogP contribution in [-0.4, -0.2) is 26.1 Å². The summed E-state index contributed by atoms with van der Waals surface area (Å²) in [5.41, 5.74) is 3.35. The molecule has 1 aromatic heterocycles. The summed E-state index contributed by atoms with van der Waals surface area (Å²) in [4.78, 5) is 13.6. The molecule has 0 fully saturated rings. The molecule has 0 saturated carbocycles. The minimum absolute atomic E-state index is 0.141. The zero-order valence-electron chi connectivity index (χ0n) is 13.9. The van der Waals surface area contributed by atoms with Crippen LogP contribution < -0.4 is 5.32 Å². The molecule has 6 nitrogen and oxygen atoms in total. The number of amides is 1. The molecule has 1 amide bonds. The maximum absolute atomic E-state index is 12.7. The Morgan fingerprint density at radius 2 is 2.00 bits per heavy atom. The fourth-order valence-corrected chi connectivity index (χ4v) is 3.42. The molecule has 3 rings (SSSR count). The number of aryl methyl sites for hydroxylation is 3. The van der Waals surface area contributed by atoms with E-state index in [0.717, 1.165) is 20.5 Å². The van der Waals surface area contributed by atoms with Crippen molar-refractivity contribution in [2.24, 2.45) is 7.05 Å². The standard InChI is InChI=1S/C17H16BrN5OS/c1-10-4-5-11(2)13(8-10)16(24)19-14-9-12(18)6-7-15(14)25-17-20-21-22-23(17)3/h4-9H,1-3H3,(H,19,24). The molecule has 0 bridgehead atoms. The van der Waals surface area contributed by atoms with Crippen LogP contribution in [0.3, 0.4) is 0 Å². The van der Waals surface area contributed by atoms with Crippen LogP contribution in [0.4, 0.5) is 5.69 Å². The Kier molecular flexibility index (Phi) is 5.19. The van der Waals surface area contributed by atoms with Crippen LogP contribution in [0.2, 0.25) is 0 Å². The number of aromatic nitrogens is 4. The van der Waals surface area contributed by atoms with Gasteiger partial charge in [0.15, 0.2) is 0 Å². The van der Waals surface area contributed by atoms with Crippen LogP contribution in [0.1, 0.15) is 21.5 Å². The van der Waals surface area contributed by atoms with Gasteiger partial charge in [-0.1, -0.05) is 33.6 Å². The zero-order chi connectivity index (χ0) is 18.0. The van der Waals surface area contributed by atoms with Crippen molar-refractivity contribution in [2.75, 3.05) is 5.32 Å². The van der Waals surface area contributed by atoms with Gasteiger partial charge in [-0.05, 0) is 65.9 Å². The van der Waals surface area contributed by atoms with Crippen molar-refractivity contribution in [3.63, 3.8) is 0 Å². The Bertz CT molecular complexity index is 941. The van der Waals surface area contributed by atoms with Gasteiger partial charge in [0.2, 0.25) is 5.16 Å². The van der Waals surface area contributed by atoms with Gasteiger partial charge >= 0.3 is 0 Å². The van der Waals surface area contributed by atoms with E-state index >= 15 is 0 Å². The molecule has 0 spiro atoms. The predicted molar refractivity (Wildman–Crippen MR) is 101 cm³/mol. The molecule has 8 heteroatoms. The first-order chi connectivity index (χ1) is 11.9. The number of anilines is 1. The van der Waals surface area contributed by atoms with E-state index in [1.807, 2.05) is 50.2 Å². The van der Waals surface area contributed by atoms with E-state index in [1.54, 1.807) is 11.7 Å². The first kappa shape index (κ1) is 17.6. The topological polar surface area (TPSA) is 72.7 Å². The second-order valence-electron chi connectivity index (χ2n) is 5.60. The molecule has 1 N–H and O–H groups in total. The fraction of sp³-hybridized carbons (Fsp3) is 0.176. The van der Waals surface area contributed by atoms with Gasteiger partial charge in [-0.15, -0.1) is 5.10 Å². The largest absolute Gasteiger partial charge is 0.321 e. The lowest BCUT2D eigenvalue weighted by atomic mass is 10.1. The van der Waals surface area contributed by atoms with E-state index in [1.165, 1.54) is 11.8 Å². The summed E-state index contributed by atoms with van der Waals surface area (Å²) in [5, 5.41) is 15.1. The van der Waals surface area contributed by atoms with Crippen molar-refractivity contribution in [2.45, 2.75) is 23.9 Å². The van der Waals surface area contributed by atoms with Crippen molar-refractivity contribution in [1.82, 2.24) is 20.2 Å². The highest BCUT2D eigenvalue weighted by molar-refractivity contribution is 9.10. The van der Waals surface area contributed by atoms with Crippen LogP contribution in [-0.2, 0) is 7.05 Å². The van der Waals surface area contributed by atoms with Crippen LogP contribution in [0, 0.1) is 13.8 Å². The molecule has 0 radical (unpaired) electrons. The molecule has 128 valence electrons. The smallest absolute Gasteiger partial charge is 0.255 e. The van der Waals surface area contributed by atoms with Gasteiger partial charge in [-0.2, -0.15) is 0 Å². The highest BCUT2D eigenvalue weighted by Crippen LogP contribution is 2.34. The average molecular weight is 418 g/mol. The molecule has 25 heavy (non-hydrogen) atoms. The number of rotatable bonds is 4. The highest BCUT2D eigenvalue weighted by Gasteiger charge is 2.15. The van der Waals surface area contributed by atoms with E-state index in [9.17, 15) is 4.79 Å². The van der Waals surface area contributed by atoms with Crippen LogP contribution in [0.25, 0.3) is 0 Å². The highest BCUT2D eigenvalue weighted by atomic mass is 79.9. The number of carbonyl (C=O) groups excluding carboxylic acids is 1. The Labute approximate surface area is 158 Å². The molecule has 0 aliphatic heterocycles. The maximum atomic E-state index is 12.7. The molecular weight excluding hydrogens is 402 g/mol. The maximum Gasteiger partial charge on any atom is 0.255 e. The number of carbonyl (C=O) groups is 1. The Balaban J connectivity index is 1.91. The minimum Gasteiger partial charge on any atom is -0.321 e. The van der Waals surface area contributed by atoms with Crippen LogP contribution in [0.15, 0.2) is 50.9 Å². The summed E-state index contributed by atoms with van der Waals surface area (Å²) in [7, 11) is 1.77. The lowest BCUT2D eigenvalue weighted by molar-refractivity contribution is 0.102. The van der Waals surface area contributed by atoms with E-state index in [4.69, 9.17) is 0 Å². The zero-order valence-corrected chi connectivity index (χ0v) is 16.3. The predicted octanol–water partition coefficient (Wildman–Crippen LogP) is 3.99. The summed E-state index contributed by atoms with van der Waals surface area (Å²) in [6.07, 6.45) is 0. The molecule has 0 aliphatic rings. The van der Waals surface area contributed by atoms with Crippen LogP contribution >= 0.6 is 27.7 Å². The second kappa shape index (κ2) is 7.37. The molecule has 2 aromatic carbocycles. The van der Waals surface area contributed by atoms with E-state index in [2.05, 4.69) is 36.8 Å². The number of nitrogens with one attached hydrogen (secondary N) is 1. The molecule has 0 atom stereocenters. The van der Waals surface area contributed by atoms with Gasteiger partial charge in [-0.3, -0.25) is 4.79 Å². The average Bonchev–Trinajstić information content (AvgIpc) is 2.97. The van der Waals surface area contributed by atoms with E-state index in [0.29, 0.717) is 16.4 Å². The van der Waals surface area contributed by atoms with Crippen molar-refractivity contribution in [1.29, 1.82) is 0 Å². The SMILES string of the molecule is Cc1ccc(C)c(C(=O)Nc2cc(Br)ccc2Sc2nnnn2C)c1. The van der Waals surface area contributed by atoms with Crippen molar-refractivity contribution in [3.05, 3.63) is 57.6 Å². The Hall–Kier alpha value is -2.19. The van der Waals surface area contributed by atoms with E-state index < -0.39 is 0 Å². The third-order valence-electron chi connectivity index (χ3n) is 3.61. The first-order valence-corrected chi connectivity index (χ1v) is 9.13. The van der Waals surface area contributed by atoms with Gasteiger partial charge in [0.05, 0.1) is 5.69 Å². The Morgan fingerprint density at radius 1 is 1.20 bits per heavy atom. The third-order valence-corrected chi connectivity index (χ3v) is 5.21. The van der Waals surface area contributed by atoms with Crippen LogP contribution in [0.5, 0.6) is 0 Å². The van der Waals surface area contributed by atoms with Crippen molar-refractivity contribution >= 4 is 39.3 Å². The van der Waals surface area contributed by atoms with Crippen molar-refractivity contribution in [3.8, 4) is 0 Å². The Morgan fingerprint density at radius 3 is 2.72 bits per heavy atom. The number of hydrogen-bond donors (Lipinski definition) is 1. The quantitative estimate of drug-likeness (QED) is 0.694. The summed E-state index contributed by atoms with van der Waals surface area (Å²) in [6.45, 7) is 3.90. The molecule has 3 aromatic rings. The number of tetrazole rings is 1. The summed E-state index contributed by atoms with van der Waals surface area (Å²) in [5.74, 6) is -0.141. The lowest BCUT2D eigenvalue weighted by Crippen LogP contribution is -2.14. The number of hydrogen-bond acceptors (Lipinski definition) is 5. The van der Waals surface area contributed by atoms with Gasteiger partial charge in [0.1, 0.15) is 0 Å². The molecular formula is C17H16BrN5OS. The summed E-state index contributed by atoms with van der Waals surface area (Å²) in [6, 6.07) is 11.5. The normalized spacial score (nSPS) is 10.7. The third kappa shape index (κ3) is 4.08. The minimum atomic E-state index is -0.141. The molecule has 1 heterocycles. The molecule has 0 unspecified atom stereocenters. The lowest BCUT2D eigenvalue weighted by Gasteiger charge is -2.12.